The van der Waals surface area contributed by atoms with Gasteiger partial charge in [0.15, 0.2) is 0 Å². The van der Waals surface area contributed by atoms with Gasteiger partial charge in [0.2, 0.25) is 5.69 Å². The zero-order chi connectivity index (χ0) is 46.2. The summed E-state index contributed by atoms with van der Waals surface area (Å²) in [5.74, 6) is -0.0271. The predicted molar refractivity (Wildman–Crippen MR) is 246 cm³/mol. The summed E-state index contributed by atoms with van der Waals surface area (Å²) in [4.78, 5) is 34.3. The summed E-state index contributed by atoms with van der Waals surface area (Å²) in [6.07, 6.45) is 9.46. The van der Waals surface area contributed by atoms with Gasteiger partial charge in [-0.05, 0) is 107 Å². The Balaban J connectivity index is 1.02. The number of nitrogens with zero attached hydrogens (tertiary/aromatic N) is 4. The number of fused-ring (bicyclic) bond motifs is 2. The SMILES string of the molecule is [C-]#[N+]c1cncc(COc2cc(O[C@H]3CCc4c(-c5cccc6c5CC[C@@H]6Oc5cc(OCc6cncc(C#N)c6)c(CNCC(=O)O)cc5Cl)cccc43)c(Cl)cc2CCCC(=O)O)c1. The van der Waals surface area contributed by atoms with Crippen molar-refractivity contribution in [1.82, 2.24) is 15.3 Å². The van der Waals surface area contributed by atoms with Gasteiger partial charge in [-0.1, -0.05) is 59.6 Å². The van der Waals surface area contributed by atoms with Gasteiger partial charge in [0.1, 0.15) is 54.5 Å². The smallest absolute Gasteiger partial charge is 0.317 e. The number of nitrogens with one attached hydrogen (secondary N) is 1. The van der Waals surface area contributed by atoms with Crippen LogP contribution in [0.5, 0.6) is 23.0 Å². The Hall–Kier alpha value is -7.16. The van der Waals surface area contributed by atoms with E-state index in [2.05, 4.69) is 50.5 Å². The number of ether oxygens (including phenoxy) is 4. The highest BCUT2D eigenvalue weighted by Gasteiger charge is 2.32. The van der Waals surface area contributed by atoms with Crippen molar-refractivity contribution in [3.63, 3.8) is 0 Å². The summed E-state index contributed by atoms with van der Waals surface area (Å²) in [5.41, 5.74) is 10.4. The first kappa shape index (κ1) is 45.4. The third kappa shape index (κ3) is 10.7. The molecule has 334 valence electrons. The van der Waals surface area contributed by atoms with Crippen molar-refractivity contribution < 1.29 is 38.7 Å². The van der Waals surface area contributed by atoms with Gasteiger partial charge in [0.25, 0.3) is 0 Å². The van der Waals surface area contributed by atoms with E-state index in [1.165, 1.54) is 23.5 Å². The van der Waals surface area contributed by atoms with Crippen molar-refractivity contribution in [3.05, 3.63) is 169 Å². The van der Waals surface area contributed by atoms with Crippen molar-refractivity contribution in [2.45, 2.75) is 76.9 Å². The van der Waals surface area contributed by atoms with E-state index in [-0.39, 0.29) is 44.9 Å². The maximum Gasteiger partial charge on any atom is 0.317 e. The first-order chi connectivity index (χ1) is 32.1. The minimum absolute atomic E-state index is 0.00187. The Morgan fingerprint density at radius 2 is 1.33 bits per heavy atom. The number of halogens is 2. The van der Waals surface area contributed by atoms with Gasteiger partial charge in [-0.3, -0.25) is 19.6 Å². The maximum atomic E-state index is 11.3. The Morgan fingerprint density at radius 3 is 1.91 bits per heavy atom. The molecule has 0 unspecified atom stereocenters. The maximum absolute atomic E-state index is 11.3. The lowest BCUT2D eigenvalue weighted by Crippen LogP contribution is -2.22. The lowest BCUT2D eigenvalue weighted by molar-refractivity contribution is -0.137. The highest BCUT2D eigenvalue weighted by molar-refractivity contribution is 6.32. The number of hydrogen-bond acceptors (Lipinski definition) is 10. The predicted octanol–water partition coefficient (Wildman–Crippen LogP) is 10.7. The van der Waals surface area contributed by atoms with Crippen LogP contribution in [0.1, 0.15) is 88.0 Å². The molecule has 8 rings (SSSR count). The average Bonchev–Trinajstić information content (AvgIpc) is 3.93. The zero-order valence-electron chi connectivity index (χ0n) is 35.6. The Kier molecular flexibility index (Phi) is 14.3. The molecule has 13 nitrogen and oxygen atoms in total. The van der Waals surface area contributed by atoms with Gasteiger partial charge in [-0.15, -0.1) is 0 Å². The van der Waals surface area contributed by atoms with Crippen molar-refractivity contribution in [2.75, 3.05) is 6.54 Å². The number of aryl methyl sites for hydroxylation is 1. The molecule has 0 fully saturated rings. The normalized spacial score (nSPS) is 14.7. The van der Waals surface area contributed by atoms with E-state index in [1.807, 2.05) is 12.1 Å². The number of aromatic nitrogens is 2. The molecule has 0 spiro atoms. The fraction of sp³-hybridized carbons (Fsp3) is 0.255. The second-order valence-electron chi connectivity index (χ2n) is 16.0. The molecule has 0 aliphatic heterocycles. The molecule has 0 saturated carbocycles. The zero-order valence-corrected chi connectivity index (χ0v) is 37.1. The van der Waals surface area contributed by atoms with Crippen LogP contribution < -0.4 is 24.3 Å². The van der Waals surface area contributed by atoms with E-state index in [1.54, 1.807) is 48.8 Å². The van der Waals surface area contributed by atoms with Crippen LogP contribution >= 0.6 is 23.2 Å². The van der Waals surface area contributed by atoms with Gasteiger partial charge in [-0.2, -0.15) is 5.26 Å². The number of nitriles is 1. The second kappa shape index (κ2) is 20.8. The molecule has 2 heterocycles. The van der Waals surface area contributed by atoms with Crippen LogP contribution in [-0.4, -0.2) is 38.7 Å². The number of rotatable bonds is 19. The molecule has 3 N–H and O–H groups in total. The molecule has 2 atom stereocenters. The number of carboxylic acids is 2. The molecule has 15 heteroatoms. The van der Waals surface area contributed by atoms with Crippen LogP contribution in [0.4, 0.5) is 5.69 Å². The summed E-state index contributed by atoms with van der Waals surface area (Å²) in [7, 11) is 0. The van der Waals surface area contributed by atoms with Crippen molar-refractivity contribution in [3.8, 4) is 40.2 Å². The summed E-state index contributed by atoms with van der Waals surface area (Å²) in [6, 6.07) is 25.1. The highest BCUT2D eigenvalue weighted by Crippen LogP contribution is 2.47. The van der Waals surface area contributed by atoms with Crippen LogP contribution in [-0.2, 0) is 48.6 Å². The third-order valence-corrected chi connectivity index (χ3v) is 12.1. The molecule has 4 aromatic carbocycles. The number of carbonyl (C=O) groups is 2. The van der Waals surface area contributed by atoms with Gasteiger partial charge in [0, 0.05) is 61.0 Å². The minimum atomic E-state index is -0.994. The topological polar surface area (TPSA) is 177 Å². The number of hydrogen-bond donors (Lipinski definition) is 3. The lowest BCUT2D eigenvalue weighted by atomic mass is 9.91. The molecule has 0 bridgehead atoms. The van der Waals surface area contributed by atoms with Crippen molar-refractivity contribution >= 4 is 40.8 Å². The van der Waals surface area contributed by atoms with E-state index < -0.39 is 11.9 Å². The Bertz CT molecular complexity index is 2700. The molecule has 0 saturated heterocycles. The minimum Gasteiger partial charge on any atom is -0.488 e. The summed E-state index contributed by atoms with van der Waals surface area (Å²) in [5, 5.41) is 31.5. The van der Waals surface area contributed by atoms with Crippen molar-refractivity contribution in [2.24, 2.45) is 0 Å². The average molecular weight is 925 g/mol. The highest BCUT2D eigenvalue weighted by atomic mass is 35.5. The first-order valence-electron chi connectivity index (χ1n) is 21.3. The van der Waals surface area contributed by atoms with E-state index in [4.69, 9.17) is 48.7 Å². The number of carboxylic acid groups (broad SMARTS) is 2. The molecule has 6 aromatic rings. The van der Waals surface area contributed by atoms with Gasteiger partial charge in [-0.25, -0.2) is 4.85 Å². The molecule has 2 aliphatic rings. The van der Waals surface area contributed by atoms with Crippen LogP contribution in [0.3, 0.4) is 0 Å². The number of pyridine rings is 2. The fourth-order valence-corrected chi connectivity index (χ4v) is 8.98. The molecule has 0 amide bonds. The molecule has 2 aliphatic carbocycles. The Labute approximate surface area is 391 Å². The number of aliphatic carboxylic acids is 2. The third-order valence-electron chi connectivity index (χ3n) is 11.5. The molecule has 66 heavy (non-hydrogen) atoms. The standard InChI is InChI=1S/C51H43Cl2N5O8/c1-55-35-16-32(24-57-26-35)29-63-46-19-48(42(52)17-33(46)5-2-10-50(59)60)65-44-13-11-38-36(6-3-8-40(38)44)37-7-4-9-41-39(37)12-14-45(41)66-49-20-47(34(18-43(49)53)25-58-27-51(61)62)64-28-31-15-30(21-54)22-56-23-31/h3-4,6-9,15-20,22-24,26,44-45,58H,2,5,10-14,25,27-29H2,(H,59,60)(H,61,62)/t44-,45-/m0/s1. The van der Waals surface area contributed by atoms with Crippen LogP contribution in [0.2, 0.25) is 10.0 Å². The van der Waals surface area contributed by atoms with E-state index >= 15 is 0 Å². The fourth-order valence-electron chi connectivity index (χ4n) is 8.52. The van der Waals surface area contributed by atoms with Crippen LogP contribution in [0, 0.1) is 17.9 Å². The Morgan fingerprint density at radius 1 is 0.758 bits per heavy atom. The quantitative estimate of drug-likeness (QED) is 0.0656. The van der Waals surface area contributed by atoms with Gasteiger partial charge >= 0.3 is 11.9 Å². The van der Waals surface area contributed by atoms with E-state index in [9.17, 15) is 25.1 Å². The van der Waals surface area contributed by atoms with Crippen LogP contribution in [0.25, 0.3) is 16.0 Å². The lowest BCUT2D eigenvalue weighted by Gasteiger charge is -2.20. The molecule has 0 radical (unpaired) electrons. The van der Waals surface area contributed by atoms with Gasteiger partial charge in [0.05, 0.1) is 28.7 Å². The van der Waals surface area contributed by atoms with E-state index in [0.29, 0.717) is 74.7 Å². The first-order valence-corrected chi connectivity index (χ1v) is 22.1. The molecular formula is C51H43Cl2N5O8. The van der Waals surface area contributed by atoms with E-state index in [0.717, 1.165) is 52.6 Å². The monoisotopic (exact) mass is 923 g/mol. The second-order valence-corrected chi connectivity index (χ2v) is 16.8. The summed E-state index contributed by atoms with van der Waals surface area (Å²) < 4.78 is 25.9. The van der Waals surface area contributed by atoms with Crippen molar-refractivity contribution in [1.29, 1.82) is 5.26 Å². The molecule has 2 aromatic heterocycles. The number of benzene rings is 4. The molecular weight excluding hydrogens is 881 g/mol. The van der Waals surface area contributed by atoms with Gasteiger partial charge < -0.3 is 34.5 Å². The largest absolute Gasteiger partial charge is 0.488 e. The summed E-state index contributed by atoms with van der Waals surface area (Å²) in [6.45, 7) is 7.54. The van der Waals surface area contributed by atoms with Crippen LogP contribution in [0.15, 0.2) is 97.6 Å². The summed E-state index contributed by atoms with van der Waals surface area (Å²) >= 11 is 13.7.